The van der Waals surface area contributed by atoms with Crippen LogP contribution in [0, 0.1) is 12.8 Å². The van der Waals surface area contributed by atoms with E-state index in [-0.39, 0.29) is 24.0 Å². The van der Waals surface area contributed by atoms with Gasteiger partial charge in [-0.3, -0.25) is 4.99 Å². The van der Waals surface area contributed by atoms with Gasteiger partial charge in [0.1, 0.15) is 5.75 Å². The van der Waals surface area contributed by atoms with Crippen molar-refractivity contribution in [3.05, 3.63) is 29.3 Å². The fourth-order valence-electron chi connectivity index (χ4n) is 3.07. The maximum Gasteiger partial charge on any atom is 0.191 e. The molecule has 2 rings (SSSR count). The summed E-state index contributed by atoms with van der Waals surface area (Å²) >= 11 is 0. The Morgan fingerprint density at radius 1 is 1.20 bits per heavy atom. The number of hydrogen-bond acceptors (Lipinski definition) is 5. The van der Waals surface area contributed by atoms with Crippen molar-refractivity contribution in [2.24, 2.45) is 10.9 Å². The van der Waals surface area contributed by atoms with Crippen molar-refractivity contribution in [3.8, 4) is 5.75 Å². The highest BCUT2D eigenvalue weighted by atomic mass is 127. The predicted molar refractivity (Wildman–Crippen MR) is 131 cm³/mol. The minimum Gasteiger partial charge on any atom is -0.493 e. The van der Waals surface area contributed by atoms with Crippen LogP contribution in [-0.2, 0) is 20.8 Å². The van der Waals surface area contributed by atoms with Crippen LogP contribution in [0.4, 0.5) is 0 Å². The Morgan fingerprint density at radius 2 is 2.07 bits per heavy atom. The molecule has 0 bridgehead atoms. The number of nitrogens with one attached hydrogen (secondary N) is 2. The molecule has 1 aromatic carbocycles. The Morgan fingerprint density at radius 3 is 2.80 bits per heavy atom. The molecule has 1 aliphatic heterocycles. The quantitative estimate of drug-likeness (QED) is 0.175. The van der Waals surface area contributed by atoms with E-state index in [1.807, 2.05) is 0 Å². The highest BCUT2D eigenvalue weighted by molar-refractivity contribution is 14.0. The molecule has 0 saturated carbocycles. The molecule has 172 valence electrons. The molecule has 1 saturated heterocycles. The van der Waals surface area contributed by atoms with Crippen LogP contribution in [0.2, 0.25) is 0 Å². The van der Waals surface area contributed by atoms with Crippen molar-refractivity contribution in [2.75, 3.05) is 60.3 Å². The van der Waals surface area contributed by atoms with Gasteiger partial charge in [-0.2, -0.15) is 0 Å². The van der Waals surface area contributed by atoms with E-state index in [2.05, 4.69) is 40.7 Å². The zero-order chi connectivity index (χ0) is 20.7. The average molecular weight is 535 g/mol. The number of halogens is 1. The Hall–Kier alpha value is -1.10. The molecular weight excluding hydrogens is 497 g/mol. The Balaban J connectivity index is 0.00000450. The second-order valence-corrected chi connectivity index (χ2v) is 7.32. The smallest absolute Gasteiger partial charge is 0.191 e. The van der Waals surface area contributed by atoms with Gasteiger partial charge < -0.3 is 29.6 Å². The summed E-state index contributed by atoms with van der Waals surface area (Å²) in [7, 11) is 3.49. The maximum atomic E-state index is 5.95. The van der Waals surface area contributed by atoms with Gasteiger partial charge in [-0.15, -0.1) is 24.0 Å². The van der Waals surface area contributed by atoms with E-state index in [0.717, 1.165) is 69.5 Å². The summed E-state index contributed by atoms with van der Waals surface area (Å²) in [4.78, 5) is 4.30. The van der Waals surface area contributed by atoms with Gasteiger partial charge in [-0.05, 0) is 31.4 Å². The van der Waals surface area contributed by atoms with Crippen molar-refractivity contribution in [2.45, 2.75) is 32.7 Å². The summed E-state index contributed by atoms with van der Waals surface area (Å²) in [5, 5.41) is 6.70. The molecule has 8 heteroatoms. The first-order valence-corrected chi connectivity index (χ1v) is 10.5. The number of aliphatic imine (C=N–C) groups is 1. The van der Waals surface area contributed by atoms with E-state index in [0.29, 0.717) is 25.7 Å². The minimum atomic E-state index is 0. The van der Waals surface area contributed by atoms with Crippen LogP contribution in [0.5, 0.6) is 5.75 Å². The van der Waals surface area contributed by atoms with Crippen LogP contribution in [0.1, 0.15) is 30.4 Å². The first kappa shape index (κ1) is 26.9. The molecule has 1 atom stereocenters. The molecule has 0 amide bonds. The Bertz CT molecular complexity index is 610. The molecule has 0 aromatic heterocycles. The first-order valence-electron chi connectivity index (χ1n) is 10.5. The van der Waals surface area contributed by atoms with Gasteiger partial charge in [-0.25, -0.2) is 0 Å². The lowest BCUT2D eigenvalue weighted by Crippen LogP contribution is -2.37. The van der Waals surface area contributed by atoms with Crippen molar-refractivity contribution in [1.29, 1.82) is 0 Å². The minimum absolute atomic E-state index is 0. The van der Waals surface area contributed by atoms with E-state index in [9.17, 15) is 0 Å². The summed E-state index contributed by atoms with van der Waals surface area (Å²) in [6, 6.07) is 6.27. The lowest BCUT2D eigenvalue weighted by molar-refractivity contribution is 0.0888. The molecule has 1 unspecified atom stereocenters. The largest absolute Gasteiger partial charge is 0.493 e. The van der Waals surface area contributed by atoms with Crippen LogP contribution < -0.4 is 15.4 Å². The van der Waals surface area contributed by atoms with E-state index < -0.39 is 0 Å². The van der Waals surface area contributed by atoms with Gasteiger partial charge in [-0.1, -0.05) is 12.1 Å². The third-order valence-electron chi connectivity index (χ3n) is 4.78. The molecule has 30 heavy (non-hydrogen) atoms. The molecule has 1 aromatic rings. The second-order valence-electron chi connectivity index (χ2n) is 7.32. The lowest BCUT2D eigenvalue weighted by atomic mass is 10.1. The van der Waals surface area contributed by atoms with Crippen molar-refractivity contribution in [3.63, 3.8) is 0 Å². The molecule has 1 heterocycles. The van der Waals surface area contributed by atoms with E-state index in [4.69, 9.17) is 18.9 Å². The first-order chi connectivity index (χ1) is 14.2. The predicted octanol–water partition coefficient (Wildman–Crippen LogP) is 3.14. The Labute approximate surface area is 198 Å². The van der Waals surface area contributed by atoms with Crippen molar-refractivity contribution < 1.29 is 18.9 Å². The molecule has 0 spiro atoms. The van der Waals surface area contributed by atoms with Crippen molar-refractivity contribution in [1.82, 2.24) is 10.6 Å². The normalized spacial score (nSPS) is 16.2. The van der Waals surface area contributed by atoms with Gasteiger partial charge in [0.15, 0.2) is 5.96 Å². The summed E-state index contributed by atoms with van der Waals surface area (Å²) in [5.74, 6) is 2.26. The number of rotatable bonds is 13. The fourth-order valence-corrected chi connectivity index (χ4v) is 3.07. The van der Waals surface area contributed by atoms with Crippen LogP contribution in [-0.4, -0.2) is 66.3 Å². The van der Waals surface area contributed by atoms with Crippen molar-refractivity contribution >= 4 is 29.9 Å². The standard InChI is InChI=1S/C22H37N3O4.HI/c1-18-6-7-20(21(14-18)29-12-5-10-26-3)15-25-22(23-2)24-9-4-11-27-16-19-8-13-28-17-19;/h6-7,14,19H,4-5,8-13,15-17H2,1-3H3,(H2,23,24,25);1H. The zero-order valence-electron chi connectivity index (χ0n) is 18.6. The third-order valence-corrected chi connectivity index (χ3v) is 4.78. The molecule has 1 aliphatic rings. The van der Waals surface area contributed by atoms with E-state index >= 15 is 0 Å². The fraction of sp³-hybridized carbons (Fsp3) is 0.682. The zero-order valence-corrected chi connectivity index (χ0v) is 20.9. The van der Waals surface area contributed by atoms with Crippen LogP contribution in [0.3, 0.4) is 0 Å². The number of nitrogens with zero attached hydrogens (tertiary/aromatic N) is 1. The summed E-state index contributed by atoms with van der Waals surface area (Å²) in [6.07, 6.45) is 2.93. The highest BCUT2D eigenvalue weighted by Crippen LogP contribution is 2.20. The maximum absolute atomic E-state index is 5.95. The number of guanidine groups is 1. The van der Waals surface area contributed by atoms with Gasteiger partial charge in [0, 0.05) is 65.0 Å². The van der Waals surface area contributed by atoms with Gasteiger partial charge in [0.05, 0.1) is 19.8 Å². The molecular formula is C22H38IN3O4. The Kier molecular flexibility index (Phi) is 14.9. The number of methoxy groups -OCH3 is 1. The number of benzene rings is 1. The molecule has 0 radical (unpaired) electrons. The number of aryl methyl sites for hydroxylation is 1. The summed E-state index contributed by atoms with van der Waals surface area (Å²) in [5.41, 5.74) is 2.29. The third kappa shape index (κ3) is 10.8. The van der Waals surface area contributed by atoms with E-state index in [1.54, 1.807) is 14.2 Å². The van der Waals surface area contributed by atoms with Crippen LogP contribution in [0.25, 0.3) is 0 Å². The SMILES string of the molecule is CN=C(NCCCOCC1CCOC1)NCc1ccc(C)cc1OCCCOC.I. The van der Waals surface area contributed by atoms with Gasteiger partial charge >= 0.3 is 0 Å². The van der Waals surface area contributed by atoms with Crippen LogP contribution in [0.15, 0.2) is 23.2 Å². The van der Waals surface area contributed by atoms with Gasteiger partial charge in [0.2, 0.25) is 0 Å². The molecule has 2 N–H and O–H groups in total. The monoisotopic (exact) mass is 535 g/mol. The number of hydrogen-bond donors (Lipinski definition) is 2. The summed E-state index contributed by atoms with van der Waals surface area (Å²) < 4.78 is 22.1. The lowest BCUT2D eigenvalue weighted by Gasteiger charge is -2.16. The molecule has 0 aliphatic carbocycles. The topological polar surface area (TPSA) is 73.3 Å². The molecule has 1 fully saturated rings. The second kappa shape index (κ2) is 16.6. The van der Waals surface area contributed by atoms with Gasteiger partial charge in [0.25, 0.3) is 0 Å². The average Bonchev–Trinajstić information content (AvgIpc) is 3.24. The highest BCUT2D eigenvalue weighted by Gasteiger charge is 2.15. The summed E-state index contributed by atoms with van der Waals surface area (Å²) in [6.45, 7) is 8.14. The van der Waals surface area contributed by atoms with E-state index in [1.165, 1.54) is 5.56 Å². The number of ether oxygens (including phenoxy) is 4. The molecule has 7 nitrogen and oxygen atoms in total. The van der Waals surface area contributed by atoms with Crippen LogP contribution >= 0.6 is 24.0 Å².